The van der Waals surface area contributed by atoms with E-state index in [2.05, 4.69) is 0 Å². The number of sulfonamides is 1. The zero-order valence-electron chi connectivity index (χ0n) is 7.13. The Morgan fingerprint density at radius 3 is 2.60 bits per heavy atom. The van der Waals surface area contributed by atoms with E-state index in [0.29, 0.717) is 0 Å². The lowest BCUT2D eigenvalue weighted by Gasteiger charge is -2.00. The summed E-state index contributed by atoms with van der Waals surface area (Å²) in [5.41, 5.74) is -0.102. The van der Waals surface area contributed by atoms with E-state index in [-0.39, 0.29) is 10.5 Å². The summed E-state index contributed by atoms with van der Waals surface area (Å²) in [6, 6.07) is 3.82. The van der Waals surface area contributed by atoms with E-state index in [4.69, 9.17) is 4.55 Å². The van der Waals surface area contributed by atoms with Crippen LogP contribution >= 0.6 is 0 Å². The molecule has 0 aromatic heterocycles. The molecule has 1 atom stereocenters. The highest BCUT2D eigenvalue weighted by atomic mass is 32.2. The average Bonchev–Trinajstić information content (AvgIpc) is 2.37. The molecule has 1 amide bonds. The van der Waals surface area contributed by atoms with Gasteiger partial charge in [0.2, 0.25) is 0 Å². The van der Waals surface area contributed by atoms with Gasteiger partial charge in [-0.05, 0) is 12.1 Å². The van der Waals surface area contributed by atoms with Gasteiger partial charge in [-0.2, -0.15) is 0 Å². The van der Waals surface area contributed by atoms with Crippen molar-refractivity contribution < 1.29 is 22.0 Å². The number of hydrogen-bond acceptors (Lipinski definition) is 4. The summed E-state index contributed by atoms with van der Waals surface area (Å²) < 4.78 is 44.3. The number of benzene rings is 1. The monoisotopic (exact) mass is 247 g/mol. The van der Waals surface area contributed by atoms with Crippen LogP contribution in [0.5, 0.6) is 0 Å². The van der Waals surface area contributed by atoms with Crippen LogP contribution in [0.1, 0.15) is 10.4 Å². The minimum absolute atomic E-state index is 0.102. The summed E-state index contributed by atoms with van der Waals surface area (Å²) in [6.07, 6.45) is 0. The van der Waals surface area contributed by atoms with Crippen LogP contribution in [-0.4, -0.2) is 23.1 Å². The summed E-state index contributed by atoms with van der Waals surface area (Å²) in [5, 5.41) is 0. The van der Waals surface area contributed by atoms with Gasteiger partial charge in [-0.3, -0.25) is 4.79 Å². The van der Waals surface area contributed by atoms with Crippen molar-refractivity contribution in [3.63, 3.8) is 0 Å². The van der Waals surface area contributed by atoms with Crippen molar-refractivity contribution in [3.05, 3.63) is 23.8 Å². The maximum Gasteiger partial charge on any atom is 0.266 e. The largest absolute Gasteiger partial charge is 0.302 e. The molecule has 15 heavy (non-hydrogen) atoms. The van der Waals surface area contributed by atoms with Crippen LogP contribution in [0, 0.1) is 0 Å². The van der Waals surface area contributed by atoms with Gasteiger partial charge in [0, 0.05) is 0 Å². The Hall–Kier alpha value is -1.25. The molecule has 2 N–H and O–H groups in total. The third-order valence-corrected chi connectivity index (χ3v) is 4.18. The van der Waals surface area contributed by atoms with Crippen molar-refractivity contribution in [1.82, 2.24) is 4.72 Å². The molecule has 0 radical (unpaired) electrons. The maximum atomic E-state index is 11.4. The summed E-state index contributed by atoms with van der Waals surface area (Å²) in [7, 11) is -3.98. The van der Waals surface area contributed by atoms with Crippen LogP contribution in [0.4, 0.5) is 0 Å². The van der Waals surface area contributed by atoms with Gasteiger partial charge in [0.15, 0.2) is 11.1 Å². The minimum atomic E-state index is -3.98. The van der Waals surface area contributed by atoms with Crippen molar-refractivity contribution in [2.24, 2.45) is 0 Å². The first-order valence-electron chi connectivity index (χ1n) is 3.74. The summed E-state index contributed by atoms with van der Waals surface area (Å²) >= 11 is -2.44. The second kappa shape index (κ2) is 3.12. The molecule has 8 heteroatoms. The zero-order chi connectivity index (χ0) is 11.2. The number of hydrogen-bond donors (Lipinski definition) is 2. The standard InChI is InChI=1S/C7H5NO5S2/c9-7-4-2-1-3-5(14(10)11)6(4)15(12,13)8-7/h1-3H,(H,8,9)(H,10,11). The van der Waals surface area contributed by atoms with Crippen LogP contribution in [-0.2, 0) is 21.1 Å². The summed E-state index contributed by atoms with van der Waals surface area (Å²) in [5.74, 6) is -0.780. The maximum absolute atomic E-state index is 11.4. The number of amides is 1. The quantitative estimate of drug-likeness (QED) is 0.663. The predicted octanol–water partition coefficient (Wildman–Crippen LogP) is -0.301. The average molecular weight is 247 g/mol. The Bertz CT molecular complexity index is 577. The molecule has 0 aliphatic carbocycles. The number of fused-ring (bicyclic) bond motifs is 1. The highest BCUT2D eigenvalue weighted by molar-refractivity contribution is 7.91. The van der Waals surface area contributed by atoms with Gasteiger partial charge in [0.25, 0.3) is 15.9 Å². The number of carbonyl (C=O) groups excluding carboxylic acids is 1. The fourth-order valence-corrected chi connectivity index (χ4v) is 3.58. The van der Waals surface area contributed by atoms with E-state index in [9.17, 15) is 17.4 Å². The first-order chi connectivity index (χ1) is 6.93. The number of rotatable bonds is 1. The highest BCUT2D eigenvalue weighted by Crippen LogP contribution is 2.27. The highest BCUT2D eigenvalue weighted by Gasteiger charge is 2.36. The minimum Gasteiger partial charge on any atom is -0.302 e. The second-order valence-corrected chi connectivity index (χ2v) is 5.37. The van der Waals surface area contributed by atoms with Crippen molar-refractivity contribution in [2.45, 2.75) is 9.79 Å². The molecule has 0 spiro atoms. The second-order valence-electron chi connectivity index (χ2n) is 2.82. The molecule has 6 nitrogen and oxygen atoms in total. The molecule has 1 aromatic rings. The van der Waals surface area contributed by atoms with Gasteiger partial charge in [-0.25, -0.2) is 17.3 Å². The fourth-order valence-electron chi connectivity index (χ4n) is 1.34. The first kappa shape index (κ1) is 10.3. The molecule has 0 saturated heterocycles. The van der Waals surface area contributed by atoms with Gasteiger partial charge in [0.05, 0.1) is 10.5 Å². The Kier molecular flexibility index (Phi) is 2.14. The normalized spacial score (nSPS) is 19.4. The molecule has 1 unspecified atom stereocenters. The van der Waals surface area contributed by atoms with Crippen molar-refractivity contribution >= 4 is 27.0 Å². The zero-order valence-corrected chi connectivity index (χ0v) is 8.76. The molecule has 80 valence electrons. The predicted molar refractivity (Wildman–Crippen MR) is 50.1 cm³/mol. The van der Waals surface area contributed by atoms with E-state index in [1.807, 2.05) is 0 Å². The number of nitrogens with one attached hydrogen (secondary N) is 1. The van der Waals surface area contributed by atoms with Crippen LogP contribution in [0.2, 0.25) is 0 Å². The molecule has 0 fully saturated rings. The Morgan fingerprint density at radius 2 is 2.00 bits per heavy atom. The molecular formula is C7H5NO5S2. The molecular weight excluding hydrogens is 242 g/mol. The van der Waals surface area contributed by atoms with E-state index >= 15 is 0 Å². The molecule has 2 rings (SSSR count). The number of carbonyl (C=O) groups is 1. The van der Waals surface area contributed by atoms with Gasteiger partial charge in [-0.15, -0.1) is 0 Å². The van der Waals surface area contributed by atoms with Gasteiger partial charge in [0.1, 0.15) is 4.90 Å². The molecule has 1 aliphatic rings. The molecule has 1 aliphatic heterocycles. The van der Waals surface area contributed by atoms with Crippen molar-refractivity contribution in [1.29, 1.82) is 0 Å². The lowest BCUT2D eigenvalue weighted by molar-refractivity contribution is 0.0985. The summed E-state index contributed by atoms with van der Waals surface area (Å²) in [4.78, 5) is 10.5. The third kappa shape index (κ3) is 1.46. The Balaban J connectivity index is 2.87. The van der Waals surface area contributed by atoms with Crippen molar-refractivity contribution in [2.75, 3.05) is 0 Å². The van der Waals surface area contributed by atoms with Crippen LogP contribution in [0.25, 0.3) is 0 Å². The third-order valence-electron chi connectivity index (χ3n) is 1.91. The molecule has 1 heterocycles. The van der Waals surface area contributed by atoms with E-state index in [1.165, 1.54) is 18.2 Å². The van der Waals surface area contributed by atoms with Crippen molar-refractivity contribution in [3.8, 4) is 0 Å². The van der Waals surface area contributed by atoms with Crippen LogP contribution < -0.4 is 4.72 Å². The van der Waals surface area contributed by atoms with Crippen LogP contribution in [0.15, 0.2) is 28.0 Å². The summed E-state index contributed by atoms with van der Waals surface area (Å²) in [6.45, 7) is 0. The lowest BCUT2D eigenvalue weighted by atomic mass is 10.2. The van der Waals surface area contributed by atoms with E-state index in [0.717, 1.165) is 0 Å². The Labute approximate surface area is 87.6 Å². The van der Waals surface area contributed by atoms with Gasteiger partial charge >= 0.3 is 0 Å². The van der Waals surface area contributed by atoms with Gasteiger partial charge < -0.3 is 4.55 Å². The lowest BCUT2D eigenvalue weighted by Crippen LogP contribution is -2.21. The SMILES string of the molecule is O=C1NS(=O)(=O)c2c1cccc2S(=O)O. The molecule has 0 bridgehead atoms. The van der Waals surface area contributed by atoms with E-state index < -0.39 is 31.9 Å². The van der Waals surface area contributed by atoms with Crippen LogP contribution in [0.3, 0.4) is 0 Å². The fraction of sp³-hybridized carbons (Fsp3) is 0. The van der Waals surface area contributed by atoms with Gasteiger partial charge in [-0.1, -0.05) is 6.07 Å². The van der Waals surface area contributed by atoms with E-state index in [1.54, 1.807) is 4.72 Å². The molecule has 1 aromatic carbocycles. The first-order valence-corrected chi connectivity index (χ1v) is 6.33. The molecule has 0 saturated carbocycles. The topological polar surface area (TPSA) is 101 Å². The smallest absolute Gasteiger partial charge is 0.266 e. The Morgan fingerprint density at radius 1 is 1.33 bits per heavy atom.